The zero-order valence-electron chi connectivity index (χ0n) is 59.5. The molecule has 3 N–H and O–H groups in total. The highest BCUT2D eigenvalue weighted by Crippen LogP contribution is 2.45. The van der Waals surface area contributed by atoms with Gasteiger partial charge in [0.2, 0.25) is 0 Å². The number of aliphatic hydroxyl groups excluding tert-OH is 1. The number of hydrogen-bond acceptors (Lipinski definition) is 15. The lowest BCUT2D eigenvalue weighted by Crippen LogP contribution is -2.30. The minimum absolute atomic E-state index is 0.104. The van der Waals surface area contributed by atoms with E-state index in [1.807, 2.05) is 0 Å². The van der Waals surface area contributed by atoms with Gasteiger partial charge in [-0.1, -0.05) is 306 Å². The maximum absolute atomic E-state index is 13.0. The molecule has 17 nitrogen and oxygen atoms in total. The number of ether oxygens (including phenoxy) is 4. The second-order valence-corrected chi connectivity index (χ2v) is 30.6. The van der Waals surface area contributed by atoms with Crippen molar-refractivity contribution < 1.29 is 80.2 Å². The third kappa shape index (κ3) is 65.1. The van der Waals surface area contributed by atoms with Gasteiger partial charge < -0.3 is 33.8 Å². The van der Waals surface area contributed by atoms with Gasteiger partial charge in [0.1, 0.15) is 19.3 Å². The van der Waals surface area contributed by atoms with Crippen LogP contribution in [0.4, 0.5) is 0 Å². The number of phosphoric acid groups is 2. The highest BCUT2D eigenvalue weighted by atomic mass is 31.2. The van der Waals surface area contributed by atoms with Crippen LogP contribution in [0.3, 0.4) is 0 Å². The number of esters is 4. The lowest BCUT2D eigenvalue weighted by atomic mass is 10.00. The van der Waals surface area contributed by atoms with Gasteiger partial charge in [0.15, 0.2) is 12.2 Å². The van der Waals surface area contributed by atoms with E-state index in [9.17, 15) is 43.2 Å². The first-order chi connectivity index (χ1) is 43.6. The summed E-state index contributed by atoms with van der Waals surface area (Å²) in [6, 6.07) is 0. The summed E-state index contributed by atoms with van der Waals surface area (Å²) in [5.74, 6) is 0.842. The molecule has 0 aromatic rings. The monoisotopic (exact) mass is 1340 g/mol. The van der Waals surface area contributed by atoms with Crippen LogP contribution in [0.2, 0.25) is 0 Å². The van der Waals surface area contributed by atoms with E-state index in [4.69, 9.17) is 37.0 Å². The van der Waals surface area contributed by atoms with Gasteiger partial charge in [0, 0.05) is 25.7 Å². The molecule has 0 aliphatic carbocycles. The molecule has 0 heterocycles. The third-order valence-electron chi connectivity index (χ3n) is 16.9. The highest BCUT2D eigenvalue weighted by molar-refractivity contribution is 7.47. The van der Waals surface area contributed by atoms with Crippen LogP contribution < -0.4 is 0 Å². The zero-order chi connectivity index (χ0) is 67.5. The summed E-state index contributed by atoms with van der Waals surface area (Å²) in [5.41, 5.74) is 0. The van der Waals surface area contributed by atoms with E-state index in [-0.39, 0.29) is 25.7 Å². The molecule has 0 saturated carbocycles. The second-order valence-electron chi connectivity index (χ2n) is 27.6. The molecule has 0 amide bonds. The molecule has 0 spiro atoms. The summed E-state index contributed by atoms with van der Waals surface area (Å²) in [5, 5.41) is 10.6. The molecule has 0 aliphatic rings. The summed E-state index contributed by atoms with van der Waals surface area (Å²) >= 11 is 0. The first-order valence-corrected chi connectivity index (χ1v) is 40.2. The topological polar surface area (TPSA) is 237 Å². The van der Waals surface area contributed by atoms with Crippen LogP contribution in [0.1, 0.15) is 357 Å². The molecule has 540 valence electrons. The molecule has 0 bridgehead atoms. The van der Waals surface area contributed by atoms with Gasteiger partial charge >= 0.3 is 39.5 Å². The number of hydrogen-bond donors (Lipinski definition) is 3. The van der Waals surface area contributed by atoms with Crippen molar-refractivity contribution in [1.29, 1.82) is 0 Å². The number of rotatable bonds is 69. The molecule has 91 heavy (non-hydrogen) atoms. The Kier molecular flexibility index (Phi) is 60.3. The largest absolute Gasteiger partial charge is 0.472 e. The Balaban J connectivity index is 5.20. The zero-order valence-corrected chi connectivity index (χ0v) is 61.3. The molecule has 0 saturated heterocycles. The molecule has 0 rings (SSSR count). The predicted molar refractivity (Wildman–Crippen MR) is 367 cm³/mol. The van der Waals surface area contributed by atoms with Gasteiger partial charge in [0.05, 0.1) is 26.4 Å². The van der Waals surface area contributed by atoms with Crippen molar-refractivity contribution in [2.24, 2.45) is 23.7 Å². The van der Waals surface area contributed by atoms with Crippen molar-refractivity contribution in [2.75, 3.05) is 39.6 Å². The van der Waals surface area contributed by atoms with E-state index >= 15 is 0 Å². The summed E-state index contributed by atoms with van der Waals surface area (Å²) < 4.78 is 68.3. The van der Waals surface area contributed by atoms with Crippen molar-refractivity contribution in [3.8, 4) is 0 Å². The second kappa shape index (κ2) is 61.6. The first kappa shape index (κ1) is 89.1. The van der Waals surface area contributed by atoms with Gasteiger partial charge in [0.25, 0.3) is 0 Å². The van der Waals surface area contributed by atoms with E-state index in [1.54, 1.807) is 0 Å². The molecule has 0 aliphatic heterocycles. The number of carbonyl (C=O) groups is 4. The smallest absolute Gasteiger partial charge is 0.462 e. The maximum Gasteiger partial charge on any atom is 0.472 e. The molecule has 19 heteroatoms. The summed E-state index contributed by atoms with van der Waals surface area (Å²) in [4.78, 5) is 72.5. The van der Waals surface area contributed by atoms with Crippen LogP contribution in [-0.4, -0.2) is 96.7 Å². The van der Waals surface area contributed by atoms with E-state index in [0.717, 1.165) is 120 Å². The van der Waals surface area contributed by atoms with Gasteiger partial charge in [-0.2, -0.15) is 0 Å². The quantitative estimate of drug-likeness (QED) is 0.0222. The Morgan fingerprint density at radius 2 is 0.527 bits per heavy atom. The Bertz CT molecular complexity index is 1800. The van der Waals surface area contributed by atoms with Crippen molar-refractivity contribution in [3.63, 3.8) is 0 Å². The van der Waals surface area contributed by atoms with Crippen LogP contribution in [0.15, 0.2) is 0 Å². The van der Waals surface area contributed by atoms with Crippen molar-refractivity contribution >= 4 is 39.5 Å². The SMILES string of the molecule is CCC(C)CCCCCCCCC(=O)OC[C@H](COP(=O)(O)OC[C@H](O)COP(=O)(O)OC[C@@H](COC(=O)CCCCCCCCC(C)C)OC(=O)CCCCCCCCCCCCC(C)C)OC(=O)CCCCCCCCCCCCCCCCCCC(C)C. The predicted octanol–water partition coefficient (Wildman–Crippen LogP) is 20.5. The molecule has 3 unspecified atom stereocenters. The fraction of sp³-hybridized carbons (Fsp3) is 0.944. The lowest BCUT2D eigenvalue weighted by molar-refractivity contribution is -0.161. The fourth-order valence-electron chi connectivity index (χ4n) is 10.8. The molecule has 0 aromatic heterocycles. The highest BCUT2D eigenvalue weighted by Gasteiger charge is 2.30. The molecular weight excluding hydrogens is 1200 g/mol. The van der Waals surface area contributed by atoms with E-state index in [1.165, 1.54) is 148 Å². The van der Waals surface area contributed by atoms with Gasteiger partial charge in [-0.15, -0.1) is 0 Å². The number of unbranched alkanes of at least 4 members (excludes halogenated alkanes) is 34. The molecule has 0 aromatic carbocycles. The van der Waals surface area contributed by atoms with Crippen LogP contribution >= 0.6 is 15.6 Å². The standard InChI is InChI=1S/C72H140O17P2/c1-9-65(8)51-43-35-29-31-37-45-53-70(75)83-59-68(89-71(76)54-46-38-26-22-17-15-13-11-10-12-14-16-20-24-32-40-48-62(2)3)61-87-91(80,81)85-57-66(73)56-84-90(78,79)86-60-67(58-82-69(74)52-44-36-30-28-34-42-50-64(6)7)88-72(77)55-47-39-27-23-19-18-21-25-33-41-49-63(4)5/h62-68,73H,9-61H2,1-8H3,(H,78,79)(H,80,81)/t65?,66-,67-,68-/m1/s1. The first-order valence-electron chi connectivity index (χ1n) is 37.2. The Labute approximate surface area is 556 Å². The van der Waals surface area contributed by atoms with Crippen molar-refractivity contribution in [1.82, 2.24) is 0 Å². The third-order valence-corrected chi connectivity index (χ3v) is 18.8. The number of phosphoric ester groups is 2. The fourth-order valence-corrected chi connectivity index (χ4v) is 12.4. The average Bonchev–Trinajstić information content (AvgIpc) is 3.01. The minimum atomic E-state index is -4.95. The normalized spacial score (nSPS) is 14.5. The van der Waals surface area contributed by atoms with E-state index in [0.29, 0.717) is 31.6 Å². The average molecular weight is 1340 g/mol. The van der Waals surface area contributed by atoms with Crippen molar-refractivity contribution in [3.05, 3.63) is 0 Å². The van der Waals surface area contributed by atoms with Crippen LogP contribution in [0.25, 0.3) is 0 Å². The Morgan fingerprint density at radius 3 is 0.780 bits per heavy atom. The minimum Gasteiger partial charge on any atom is -0.462 e. The maximum atomic E-state index is 13.0. The van der Waals surface area contributed by atoms with E-state index < -0.39 is 97.5 Å². The van der Waals surface area contributed by atoms with Crippen LogP contribution in [0.5, 0.6) is 0 Å². The molecule has 0 radical (unpaired) electrons. The number of carbonyl (C=O) groups excluding carboxylic acids is 4. The van der Waals surface area contributed by atoms with E-state index in [2.05, 4.69) is 55.4 Å². The van der Waals surface area contributed by atoms with Gasteiger partial charge in [-0.3, -0.25) is 37.3 Å². The Morgan fingerprint density at radius 1 is 0.308 bits per heavy atom. The molecule has 0 fully saturated rings. The number of aliphatic hydroxyl groups is 1. The molecular formula is C72H140O17P2. The summed E-state index contributed by atoms with van der Waals surface area (Å²) in [6.07, 6.45) is 44.7. The summed E-state index contributed by atoms with van der Waals surface area (Å²) in [6.45, 7) is 14.1. The summed E-state index contributed by atoms with van der Waals surface area (Å²) in [7, 11) is -9.90. The van der Waals surface area contributed by atoms with Crippen LogP contribution in [-0.2, 0) is 65.4 Å². The van der Waals surface area contributed by atoms with Crippen molar-refractivity contribution in [2.45, 2.75) is 375 Å². The Hall–Kier alpha value is -1.94. The van der Waals surface area contributed by atoms with Crippen LogP contribution in [0, 0.1) is 23.7 Å². The van der Waals surface area contributed by atoms with Gasteiger partial charge in [-0.05, 0) is 49.4 Å². The molecule has 6 atom stereocenters. The lowest BCUT2D eigenvalue weighted by Gasteiger charge is -2.21. The van der Waals surface area contributed by atoms with Gasteiger partial charge in [-0.25, -0.2) is 9.13 Å².